The molecule has 2 saturated heterocycles. The van der Waals surface area contributed by atoms with Crippen LogP contribution in [0, 0.1) is 18.3 Å². The van der Waals surface area contributed by atoms with E-state index in [1.165, 1.54) is 44.3 Å². The molecule has 3 rings (SSSR count). The zero-order valence-electron chi connectivity index (χ0n) is 11.5. The smallest absolute Gasteiger partial charge is 0.101 e. The Morgan fingerprint density at radius 1 is 1.32 bits per heavy atom. The van der Waals surface area contributed by atoms with Crippen molar-refractivity contribution in [3.63, 3.8) is 0 Å². The van der Waals surface area contributed by atoms with Gasteiger partial charge in [-0.05, 0) is 50.8 Å². The van der Waals surface area contributed by atoms with E-state index in [2.05, 4.69) is 29.3 Å². The minimum atomic E-state index is 0.521. The highest BCUT2D eigenvalue weighted by Gasteiger charge is 2.31. The fourth-order valence-corrected chi connectivity index (χ4v) is 3.51. The molecule has 2 fully saturated rings. The van der Waals surface area contributed by atoms with Gasteiger partial charge in [0.05, 0.1) is 11.3 Å². The Morgan fingerprint density at radius 3 is 3.05 bits per heavy atom. The van der Waals surface area contributed by atoms with Gasteiger partial charge in [0.15, 0.2) is 0 Å². The van der Waals surface area contributed by atoms with Crippen molar-refractivity contribution >= 4 is 5.69 Å². The summed E-state index contributed by atoms with van der Waals surface area (Å²) in [5.41, 5.74) is 2.99. The van der Waals surface area contributed by atoms with E-state index in [9.17, 15) is 5.26 Å². The number of piperidine rings is 1. The maximum Gasteiger partial charge on any atom is 0.101 e. The summed E-state index contributed by atoms with van der Waals surface area (Å²) in [5, 5.41) is 12.9. The normalized spacial score (nSPS) is 26.7. The number of hydrogen-bond donors (Lipinski definition) is 1. The second-order valence-electron chi connectivity index (χ2n) is 5.81. The molecule has 3 heteroatoms. The van der Waals surface area contributed by atoms with Crippen molar-refractivity contribution in [2.75, 3.05) is 18.4 Å². The van der Waals surface area contributed by atoms with E-state index in [-0.39, 0.29) is 0 Å². The van der Waals surface area contributed by atoms with E-state index in [4.69, 9.17) is 0 Å². The Balaban J connectivity index is 1.74. The summed E-state index contributed by atoms with van der Waals surface area (Å²) >= 11 is 0. The number of para-hydroxylation sites is 1. The number of nitriles is 1. The van der Waals surface area contributed by atoms with Gasteiger partial charge in [0.25, 0.3) is 0 Å². The molecule has 0 aliphatic carbocycles. The third kappa shape index (κ3) is 2.46. The molecular weight excluding hydrogens is 234 g/mol. The third-order valence-electron chi connectivity index (χ3n) is 4.56. The van der Waals surface area contributed by atoms with Crippen LogP contribution in [-0.4, -0.2) is 30.1 Å². The summed E-state index contributed by atoms with van der Waals surface area (Å²) in [7, 11) is 0. The molecule has 2 heterocycles. The van der Waals surface area contributed by atoms with Crippen LogP contribution >= 0.6 is 0 Å². The molecular formula is C16H21N3. The van der Waals surface area contributed by atoms with Crippen molar-refractivity contribution in [2.45, 2.75) is 44.7 Å². The lowest BCUT2D eigenvalue weighted by molar-refractivity contribution is 0.188. The van der Waals surface area contributed by atoms with E-state index < -0.39 is 0 Å². The van der Waals surface area contributed by atoms with E-state index in [0.717, 1.165) is 17.3 Å². The fourth-order valence-electron chi connectivity index (χ4n) is 3.51. The first-order valence-electron chi connectivity index (χ1n) is 7.28. The zero-order chi connectivity index (χ0) is 13.2. The number of fused-ring (bicyclic) bond motifs is 1. The second-order valence-corrected chi connectivity index (χ2v) is 5.81. The fraction of sp³-hybridized carbons (Fsp3) is 0.562. The molecule has 2 unspecified atom stereocenters. The number of anilines is 1. The molecule has 2 aliphatic rings. The number of aryl methyl sites for hydroxylation is 1. The van der Waals surface area contributed by atoms with Gasteiger partial charge in [0.1, 0.15) is 6.07 Å². The minimum Gasteiger partial charge on any atom is -0.381 e. The molecule has 0 saturated carbocycles. The van der Waals surface area contributed by atoms with Crippen LogP contribution in [0.15, 0.2) is 18.2 Å². The lowest BCUT2D eigenvalue weighted by Crippen LogP contribution is -2.42. The SMILES string of the molecule is Cc1cccc(C#N)c1NC1CCN2CCCC2C1. The second kappa shape index (κ2) is 5.22. The van der Waals surface area contributed by atoms with Gasteiger partial charge in [-0.1, -0.05) is 12.1 Å². The lowest BCUT2D eigenvalue weighted by atomic mass is 9.96. The highest BCUT2D eigenvalue weighted by atomic mass is 15.2. The number of nitrogens with one attached hydrogen (secondary N) is 1. The first-order chi connectivity index (χ1) is 9.28. The van der Waals surface area contributed by atoms with Crippen molar-refractivity contribution in [3.05, 3.63) is 29.3 Å². The number of rotatable bonds is 2. The average molecular weight is 255 g/mol. The largest absolute Gasteiger partial charge is 0.381 e. The van der Waals surface area contributed by atoms with Crippen LogP contribution in [0.4, 0.5) is 5.69 Å². The predicted octanol–water partition coefficient (Wildman–Crippen LogP) is 2.91. The van der Waals surface area contributed by atoms with Crippen molar-refractivity contribution in [1.82, 2.24) is 4.90 Å². The van der Waals surface area contributed by atoms with E-state index in [1.807, 2.05) is 12.1 Å². The van der Waals surface area contributed by atoms with Gasteiger partial charge in [-0.25, -0.2) is 0 Å². The van der Waals surface area contributed by atoms with E-state index >= 15 is 0 Å². The van der Waals surface area contributed by atoms with Gasteiger partial charge in [0.2, 0.25) is 0 Å². The highest BCUT2D eigenvalue weighted by molar-refractivity contribution is 5.62. The zero-order valence-corrected chi connectivity index (χ0v) is 11.5. The molecule has 0 radical (unpaired) electrons. The first kappa shape index (κ1) is 12.5. The van der Waals surface area contributed by atoms with Crippen molar-refractivity contribution in [1.29, 1.82) is 5.26 Å². The first-order valence-corrected chi connectivity index (χ1v) is 7.28. The molecule has 1 aromatic carbocycles. The summed E-state index contributed by atoms with van der Waals surface area (Å²) < 4.78 is 0. The maximum atomic E-state index is 9.22. The minimum absolute atomic E-state index is 0.521. The molecule has 0 aromatic heterocycles. The maximum absolute atomic E-state index is 9.22. The molecule has 2 atom stereocenters. The predicted molar refractivity (Wildman–Crippen MR) is 77.1 cm³/mol. The van der Waals surface area contributed by atoms with Crippen molar-refractivity contribution in [3.8, 4) is 6.07 Å². The van der Waals surface area contributed by atoms with E-state index in [1.54, 1.807) is 0 Å². The standard InChI is InChI=1S/C16H21N3/c1-12-4-2-5-13(11-17)16(12)18-14-7-9-19-8-3-6-15(19)10-14/h2,4-5,14-15,18H,3,6-10H2,1H3. The molecule has 19 heavy (non-hydrogen) atoms. The van der Waals surface area contributed by atoms with E-state index in [0.29, 0.717) is 6.04 Å². The lowest BCUT2D eigenvalue weighted by Gasteiger charge is -2.36. The average Bonchev–Trinajstić information content (AvgIpc) is 2.88. The van der Waals surface area contributed by atoms with Crippen LogP contribution in [0.1, 0.15) is 36.8 Å². The Labute approximate surface area is 115 Å². The molecule has 0 spiro atoms. The summed E-state index contributed by atoms with van der Waals surface area (Å²) in [6.45, 7) is 4.56. The summed E-state index contributed by atoms with van der Waals surface area (Å²) in [6, 6.07) is 9.52. The van der Waals surface area contributed by atoms with Gasteiger partial charge in [0, 0.05) is 18.6 Å². The topological polar surface area (TPSA) is 39.1 Å². The van der Waals surface area contributed by atoms with Crippen LogP contribution in [-0.2, 0) is 0 Å². The van der Waals surface area contributed by atoms with Gasteiger partial charge < -0.3 is 10.2 Å². The number of hydrogen-bond acceptors (Lipinski definition) is 3. The van der Waals surface area contributed by atoms with Crippen LogP contribution in [0.5, 0.6) is 0 Å². The molecule has 1 N–H and O–H groups in total. The molecule has 0 bridgehead atoms. The molecule has 1 aromatic rings. The van der Waals surface area contributed by atoms with Gasteiger partial charge in [-0.3, -0.25) is 0 Å². The van der Waals surface area contributed by atoms with Gasteiger partial charge in [-0.15, -0.1) is 0 Å². The molecule has 3 nitrogen and oxygen atoms in total. The monoisotopic (exact) mass is 255 g/mol. The molecule has 100 valence electrons. The number of nitrogens with zero attached hydrogens (tertiary/aromatic N) is 2. The Hall–Kier alpha value is -1.53. The van der Waals surface area contributed by atoms with Crippen LogP contribution in [0.2, 0.25) is 0 Å². The summed E-state index contributed by atoms with van der Waals surface area (Å²) in [5.74, 6) is 0. The van der Waals surface area contributed by atoms with Gasteiger partial charge >= 0.3 is 0 Å². The Morgan fingerprint density at radius 2 is 2.21 bits per heavy atom. The van der Waals surface area contributed by atoms with Crippen LogP contribution < -0.4 is 5.32 Å². The van der Waals surface area contributed by atoms with Crippen molar-refractivity contribution < 1.29 is 0 Å². The Bertz CT molecular complexity index is 503. The van der Waals surface area contributed by atoms with Crippen LogP contribution in [0.3, 0.4) is 0 Å². The Kier molecular flexibility index (Phi) is 3.44. The van der Waals surface area contributed by atoms with Crippen LogP contribution in [0.25, 0.3) is 0 Å². The number of benzene rings is 1. The summed E-state index contributed by atoms with van der Waals surface area (Å²) in [4.78, 5) is 2.63. The quantitative estimate of drug-likeness (QED) is 0.883. The summed E-state index contributed by atoms with van der Waals surface area (Å²) in [6.07, 6.45) is 5.11. The van der Waals surface area contributed by atoms with Crippen molar-refractivity contribution in [2.24, 2.45) is 0 Å². The molecule has 0 amide bonds. The highest BCUT2D eigenvalue weighted by Crippen LogP contribution is 2.30. The third-order valence-corrected chi connectivity index (χ3v) is 4.56. The molecule has 2 aliphatic heterocycles. The van der Waals surface area contributed by atoms with Gasteiger partial charge in [-0.2, -0.15) is 5.26 Å².